The van der Waals surface area contributed by atoms with Crippen LogP contribution in [0.25, 0.3) is 0 Å². The van der Waals surface area contributed by atoms with Gasteiger partial charge in [-0.05, 0) is 43.9 Å². The second-order valence-corrected chi connectivity index (χ2v) is 7.42. The molecule has 7 nitrogen and oxygen atoms in total. The molecule has 130 valence electrons. The van der Waals surface area contributed by atoms with Crippen LogP contribution in [0, 0.1) is 23.0 Å². The summed E-state index contributed by atoms with van der Waals surface area (Å²) >= 11 is 0. The largest absolute Gasteiger partial charge is 0.330 e. The number of sulfonamides is 1. The molecule has 1 aromatic rings. The fourth-order valence-corrected chi connectivity index (χ4v) is 4.40. The lowest BCUT2D eigenvalue weighted by atomic mass is 9.85. The summed E-state index contributed by atoms with van der Waals surface area (Å²) in [5.41, 5.74) is 5.95. The lowest BCUT2D eigenvalue weighted by Gasteiger charge is -2.30. The van der Waals surface area contributed by atoms with Gasteiger partial charge in [0.2, 0.25) is 10.0 Å². The third kappa shape index (κ3) is 4.63. The minimum absolute atomic E-state index is 0. The van der Waals surface area contributed by atoms with Crippen LogP contribution in [-0.2, 0) is 10.0 Å². The van der Waals surface area contributed by atoms with Crippen LogP contribution in [-0.4, -0.2) is 25.9 Å². The highest BCUT2D eigenvalue weighted by molar-refractivity contribution is 7.89. The van der Waals surface area contributed by atoms with E-state index < -0.39 is 20.6 Å². The van der Waals surface area contributed by atoms with E-state index in [1.165, 1.54) is 12.1 Å². The SMILES string of the molecule is Cc1ccc(S(=O)(=O)NC2CCCCC2CN)c([N+](=O)[O-])c1.Cl. The zero-order valence-corrected chi connectivity index (χ0v) is 14.5. The number of halogens is 1. The standard InChI is InChI=1S/C14H21N3O4S.ClH/c1-10-6-7-14(13(8-10)17(18)19)22(20,21)16-12-5-3-2-4-11(12)9-15;/h6-8,11-12,16H,2-5,9,15H2,1H3;1H. The van der Waals surface area contributed by atoms with Crippen molar-refractivity contribution in [2.24, 2.45) is 11.7 Å². The van der Waals surface area contributed by atoms with Crippen LogP contribution in [0.4, 0.5) is 5.69 Å². The van der Waals surface area contributed by atoms with Crippen LogP contribution >= 0.6 is 12.4 Å². The van der Waals surface area contributed by atoms with Gasteiger partial charge in [0.05, 0.1) is 4.92 Å². The summed E-state index contributed by atoms with van der Waals surface area (Å²) in [6, 6.07) is 3.86. The zero-order chi connectivity index (χ0) is 16.3. The van der Waals surface area contributed by atoms with Crippen LogP contribution in [0.1, 0.15) is 31.2 Å². The summed E-state index contributed by atoms with van der Waals surface area (Å²) in [4.78, 5) is 10.2. The number of nitro benzene ring substituents is 1. The third-order valence-corrected chi connectivity index (χ3v) is 5.66. The molecule has 1 saturated carbocycles. The van der Waals surface area contributed by atoms with Crippen LogP contribution in [0.2, 0.25) is 0 Å². The number of hydrogen-bond acceptors (Lipinski definition) is 5. The first-order chi connectivity index (χ1) is 10.3. The first kappa shape index (κ1) is 19.8. The van der Waals surface area contributed by atoms with E-state index >= 15 is 0 Å². The lowest BCUT2D eigenvalue weighted by molar-refractivity contribution is -0.387. The average molecular weight is 364 g/mol. The van der Waals surface area contributed by atoms with Crippen LogP contribution in [0.3, 0.4) is 0 Å². The number of hydrogen-bond donors (Lipinski definition) is 2. The molecule has 0 aliphatic heterocycles. The molecule has 2 unspecified atom stereocenters. The number of benzene rings is 1. The monoisotopic (exact) mass is 363 g/mol. The molecule has 2 atom stereocenters. The molecule has 0 spiro atoms. The van der Waals surface area contributed by atoms with Crippen molar-refractivity contribution in [3.05, 3.63) is 33.9 Å². The summed E-state index contributed by atoms with van der Waals surface area (Å²) in [7, 11) is -3.94. The molecule has 0 saturated heterocycles. The molecule has 9 heteroatoms. The summed E-state index contributed by atoms with van der Waals surface area (Å²) in [6.45, 7) is 2.09. The van der Waals surface area contributed by atoms with E-state index in [4.69, 9.17) is 5.73 Å². The Morgan fingerprint density at radius 1 is 1.35 bits per heavy atom. The quantitative estimate of drug-likeness (QED) is 0.614. The molecule has 3 N–H and O–H groups in total. The number of rotatable bonds is 5. The summed E-state index contributed by atoms with van der Waals surface area (Å²) in [6.07, 6.45) is 3.55. The number of nitrogens with zero attached hydrogens (tertiary/aromatic N) is 1. The second-order valence-electron chi connectivity index (χ2n) is 5.74. The molecule has 1 aromatic carbocycles. The highest BCUT2D eigenvalue weighted by Crippen LogP contribution is 2.28. The fraction of sp³-hybridized carbons (Fsp3) is 0.571. The Bertz CT molecular complexity index is 666. The van der Waals surface area contributed by atoms with Crippen molar-refractivity contribution in [1.82, 2.24) is 4.72 Å². The zero-order valence-electron chi connectivity index (χ0n) is 12.9. The molecule has 0 bridgehead atoms. The molecule has 1 aliphatic carbocycles. The van der Waals surface area contributed by atoms with E-state index in [0.717, 1.165) is 19.3 Å². The number of nitro groups is 1. The van der Waals surface area contributed by atoms with Gasteiger partial charge in [0.1, 0.15) is 0 Å². The van der Waals surface area contributed by atoms with Crippen LogP contribution < -0.4 is 10.5 Å². The van der Waals surface area contributed by atoms with Crippen molar-refractivity contribution in [3.8, 4) is 0 Å². The van der Waals surface area contributed by atoms with Crippen LogP contribution in [0.15, 0.2) is 23.1 Å². The van der Waals surface area contributed by atoms with Gasteiger partial charge in [-0.3, -0.25) is 10.1 Å². The number of nitrogens with two attached hydrogens (primary N) is 1. The van der Waals surface area contributed by atoms with E-state index in [9.17, 15) is 18.5 Å². The van der Waals surface area contributed by atoms with E-state index in [1.807, 2.05) is 0 Å². The minimum Gasteiger partial charge on any atom is -0.330 e. The predicted octanol–water partition coefficient (Wildman–Crippen LogP) is 2.12. The van der Waals surface area contributed by atoms with E-state index in [0.29, 0.717) is 18.5 Å². The van der Waals surface area contributed by atoms with Gasteiger partial charge >= 0.3 is 0 Å². The van der Waals surface area contributed by atoms with Gasteiger partial charge in [0, 0.05) is 12.1 Å². The van der Waals surface area contributed by atoms with Crippen molar-refractivity contribution < 1.29 is 13.3 Å². The first-order valence-electron chi connectivity index (χ1n) is 7.32. The molecule has 2 rings (SSSR count). The lowest BCUT2D eigenvalue weighted by Crippen LogP contribution is -2.44. The summed E-state index contributed by atoms with van der Waals surface area (Å²) in [5.74, 6) is 0.0769. The van der Waals surface area contributed by atoms with Crippen molar-refractivity contribution in [1.29, 1.82) is 0 Å². The Morgan fingerprint density at radius 3 is 2.61 bits per heavy atom. The molecule has 1 aliphatic rings. The van der Waals surface area contributed by atoms with Gasteiger partial charge in [-0.2, -0.15) is 0 Å². The first-order valence-corrected chi connectivity index (χ1v) is 8.81. The summed E-state index contributed by atoms with van der Waals surface area (Å²) < 4.78 is 27.7. The van der Waals surface area contributed by atoms with Gasteiger partial charge in [-0.15, -0.1) is 12.4 Å². The minimum atomic E-state index is -3.94. The molecule has 0 heterocycles. The van der Waals surface area contributed by atoms with Gasteiger partial charge in [-0.1, -0.05) is 18.9 Å². The molecule has 0 amide bonds. The summed E-state index contributed by atoms with van der Waals surface area (Å²) in [5, 5.41) is 11.1. The van der Waals surface area contributed by atoms with E-state index in [2.05, 4.69) is 4.72 Å². The molecular formula is C14H22ClN3O4S. The normalized spacial score (nSPS) is 21.5. The van der Waals surface area contributed by atoms with E-state index in [1.54, 1.807) is 13.0 Å². The number of nitrogens with one attached hydrogen (secondary N) is 1. The van der Waals surface area contributed by atoms with Gasteiger partial charge in [0.25, 0.3) is 5.69 Å². The van der Waals surface area contributed by atoms with E-state index in [-0.39, 0.29) is 29.3 Å². The Labute approximate surface area is 142 Å². The topological polar surface area (TPSA) is 115 Å². The molecule has 23 heavy (non-hydrogen) atoms. The van der Waals surface area contributed by atoms with Crippen LogP contribution in [0.5, 0.6) is 0 Å². The smallest absolute Gasteiger partial charge is 0.289 e. The number of aryl methyl sites for hydroxylation is 1. The maximum absolute atomic E-state index is 12.5. The Kier molecular flexibility index (Phi) is 6.94. The van der Waals surface area contributed by atoms with Crippen molar-refractivity contribution in [2.75, 3.05) is 6.54 Å². The second kappa shape index (κ2) is 8.05. The average Bonchev–Trinajstić information content (AvgIpc) is 2.47. The Hall–Kier alpha value is -1.22. The molecule has 1 fully saturated rings. The maximum atomic E-state index is 12.5. The Morgan fingerprint density at radius 2 is 2.00 bits per heavy atom. The fourth-order valence-electron chi connectivity index (χ4n) is 2.91. The molecule has 0 radical (unpaired) electrons. The van der Waals surface area contributed by atoms with Gasteiger partial charge in [-0.25, -0.2) is 13.1 Å². The highest BCUT2D eigenvalue weighted by atomic mass is 35.5. The maximum Gasteiger partial charge on any atom is 0.289 e. The van der Waals surface area contributed by atoms with Crippen molar-refractivity contribution in [3.63, 3.8) is 0 Å². The highest BCUT2D eigenvalue weighted by Gasteiger charge is 2.32. The molecular weight excluding hydrogens is 342 g/mol. The third-order valence-electron chi connectivity index (χ3n) is 4.12. The van der Waals surface area contributed by atoms with Gasteiger partial charge in [0.15, 0.2) is 4.90 Å². The van der Waals surface area contributed by atoms with Crippen molar-refractivity contribution >= 4 is 28.1 Å². The Balaban J connectivity index is 0.00000264. The van der Waals surface area contributed by atoms with Gasteiger partial charge < -0.3 is 5.73 Å². The molecule has 0 aromatic heterocycles. The van der Waals surface area contributed by atoms with Crippen molar-refractivity contribution in [2.45, 2.75) is 43.5 Å². The predicted molar refractivity (Wildman–Crippen MR) is 90.2 cm³/mol.